The smallest absolute Gasteiger partial charge is 0.392 e. The van der Waals surface area contributed by atoms with Crippen molar-refractivity contribution >= 4 is 11.5 Å². The van der Waals surface area contributed by atoms with Gasteiger partial charge in [0.2, 0.25) is 0 Å². The molecule has 0 saturated carbocycles. The molecule has 0 aliphatic heterocycles. The van der Waals surface area contributed by atoms with E-state index in [4.69, 9.17) is 0 Å². The van der Waals surface area contributed by atoms with Gasteiger partial charge >= 0.3 is 6.18 Å². The fourth-order valence-corrected chi connectivity index (χ4v) is 2.51. The van der Waals surface area contributed by atoms with Crippen LogP contribution in [0.1, 0.15) is 29.7 Å². The molecule has 0 unspecified atom stereocenters. The first-order chi connectivity index (χ1) is 11.8. The zero-order valence-electron chi connectivity index (χ0n) is 13.0. The number of hydrogen-bond acceptors (Lipinski definition) is 4. The van der Waals surface area contributed by atoms with Crippen LogP contribution in [0.15, 0.2) is 36.7 Å². The number of fused-ring (bicyclic) bond motifs is 1. The Kier molecular flexibility index (Phi) is 4.34. The lowest BCUT2D eigenvalue weighted by Crippen LogP contribution is -2.13. The zero-order chi connectivity index (χ0) is 18.2. The molecule has 25 heavy (non-hydrogen) atoms. The number of halogens is 4. The molecule has 2 aromatic heterocycles. The van der Waals surface area contributed by atoms with Gasteiger partial charge in [-0.1, -0.05) is 6.07 Å². The van der Waals surface area contributed by atoms with E-state index in [1.165, 1.54) is 16.9 Å². The Bertz CT molecular complexity index is 907. The molecule has 0 spiro atoms. The largest absolute Gasteiger partial charge is 0.419 e. The number of nitrogens with zero attached hydrogens (tertiary/aromatic N) is 3. The van der Waals surface area contributed by atoms with Gasteiger partial charge in [-0.25, -0.2) is 9.37 Å². The second-order valence-corrected chi connectivity index (χ2v) is 5.54. The van der Waals surface area contributed by atoms with Gasteiger partial charge in [0.05, 0.1) is 18.2 Å². The van der Waals surface area contributed by atoms with Crippen molar-refractivity contribution in [1.29, 1.82) is 0 Å². The Morgan fingerprint density at radius 1 is 1.24 bits per heavy atom. The number of alkyl halides is 3. The van der Waals surface area contributed by atoms with Crippen molar-refractivity contribution in [2.75, 3.05) is 5.32 Å². The Hall–Kier alpha value is -2.68. The van der Waals surface area contributed by atoms with Gasteiger partial charge in [0.1, 0.15) is 18.0 Å². The molecule has 0 fully saturated rings. The highest BCUT2D eigenvalue weighted by Crippen LogP contribution is 2.33. The molecule has 0 saturated heterocycles. The molecule has 1 atom stereocenters. The van der Waals surface area contributed by atoms with Crippen molar-refractivity contribution in [1.82, 2.24) is 14.6 Å². The van der Waals surface area contributed by atoms with E-state index < -0.39 is 23.6 Å². The molecule has 132 valence electrons. The van der Waals surface area contributed by atoms with Gasteiger partial charge in [-0.2, -0.15) is 22.8 Å². The first-order valence-electron chi connectivity index (χ1n) is 7.36. The van der Waals surface area contributed by atoms with Crippen molar-refractivity contribution in [3.05, 3.63) is 59.2 Å². The van der Waals surface area contributed by atoms with Crippen LogP contribution >= 0.6 is 0 Å². The van der Waals surface area contributed by atoms with Crippen LogP contribution in [0.3, 0.4) is 0 Å². The lowest BCUT2D eigenvalue weighted by Gasteiger charge is -2.18. The highest BCUT2D eigenvalue weighted by atomic mass is 19.4. The Balaban J connectivity index is 1.91. The molecule has 2 N–H and O–H groups in total. The summed E-state index contributed by atoms with van der Waals surface area (Å²) in [6.07, 6.45) is -3.40. The summed E-state index contributed by atoms with van der Waals surface area (Å²) in [6, 6.07) is 5.59. The van der Waals surface area contributed by atoms with E-state index in [2.05, 4.69) is 15.4 Å². The molecule has 0 amide bonds. The van der Waals surface area contributed by atoms with Crippen LogP contribution in [-0.2, 0) is 12.8 Å². The van der Waals surface area contributed by atoms with E-state index in [0.29, 0.717) is 22.6 Å². The summed E-state index contributed by atoms with van der Waals surface area (Å²) in [4.78, 5) is 4.04. The number of benzene rings is 1. The fourth-order valence-electron chi connectivity index (χ4n) is 2.51. The van der Waals surface area contributed by atoms with E-state index >= 15 is 0 Å². The summed E-state index contributed by atoms with van der Waals surface area (Å²) in [5.74, 6) is -0.847. The molecule has 3 rings (SSSR count). The average molecular weight is 354 g/mol. The van der Waals surface area contributed by atoms with Gasteiger partial charge in [-0.3, -0.25) is 0 Å². The molecule has 0 bridgehead atoms. The summed E-state index contributed by atoms with van der Waals surface area (Å²) in [5.41, 5.74) is 0.131. The molecule has 1 aromatic carbocycles. The predicted molar refractivity (Wildman–Crippen MR) is 82.3 cm³/mol. The molecular weight excluding hydrogens is 340 g/mol. The van der Waals surface area contributed by atoms with Crippen molar-refractivity contribution < 1.29 is 22.7 Å². The van der Waals surface area contributed by atoms with E-state index in [0.717, 1.165) is 12.1 Å². The van der Waals surface area contributed by atoms with E-state index in [1.807, 2.05) is 0 Å². The van der Waals surface area contributed by atoms with Gasteiger partial charge in [-0.15, -0.1) is 0 Å². The Morgan fingerprint density at radius 3 is 2.64 bits per heavy atom. The van der Waals surface area contributed by atoms with E-state index in [-0.39, 0.29) is 6.61 Å². The predicted octanol–water partition coefficient (Wildman–Crippen LogP) is 3.55. The maximum Gasteiger partial charge on any atom is 0.419 e. The summed E-state index contributed by atoms with van der Waals surface area (Å²) in [5, 5.41) is 16.4. The number of aromatic nitrogens is 3. The third-order valence-electron chi connectivity index (χ3n) is 3.78. The monoisotopic (exact) mass is 354 g/mol. The summed E-state index contributed by atoms with van der Waals surface area (Å²) in [6.45, 7) is 1.47. The average Bonchev–Trinajstić information content (AvgIpc) is 3.02. The van der Waals surface area contributed by atoms with Gasteiger partial charge in [0, 0.05) is 0 Å². The van der Waals surface area contributed by atoms with Crippen LogP contribution < -0.4 is 5.32 Å². The van der Waals surface area contributed by atoms with Crippen LogP contribution in [0.2, 0.25) is 0 Å². The Morgan fingerprint density at radius 2 is 2.00 bits per heavy atom. The lowest BCUT2D eigenvalue weighted by molar-refractivity contribution is -0.140. The summed E-state index contributed by atoms with van der Waals surface area (Å²) < 4.78 is 53.2. The van der Waals surface area contributed by atoms with E-state index in [9.17, 15) is 22.7 Å². The lowest BCUT2D eigenvalue weighted by atomic mass is 10.0. The number of rotatable bonds is 4. The minimum Gasteiger partial charge on any atom is -0.392 e. The number of hydrogen-bond donors (Lipinski definition) is 2. The number of pyridine rings is 1. The van der Waals surface area contributed by atoms with Crippen molar-refractivity contribution in [2.24, 2.45) is 0 Å². The quantitative estimate of drug-likeness (QED) is 0.704. The van der Waals surface area contributed by atoms with Gasteiger partial charge in [0.15, 0.2) is 5.65 Å². The fraction of sp³-hybridized carbons (Fsp3) is 0.250. The number of anilines is 1. The highest BCUT2D eigenvalue weighted by molar-refractivity contribution is 5.52. The minimum atomic E-state index is -4.73. The van der Waals surface area contributed by atoms with Crippen molar-refractivity contribution in [2.45, 2.75) is 25.7 Å². The zero-order valence-corrected chi connectivity index (χ0v) is 13.0. The topological polar surface area (TPSA) is 62.5 Å². The first kappa shape index (κ1) is 17.2. The summed E-state index contributed by atoms with van der Waals surface area (Å²) in [7, 11) is 0. The second-order valence-electron chi connectivity index (χ2n) is 5.54. The van der Waals surface area contributed by atoms with Crippen LogP contribution in [0.25, 0.3) is 5.65 Å². The highest BCUT2D eigenvalue weighted by Gasteiger charge is 2.34. The molecule has 0 radical (unpaired) electrons. The Labute approximate surface area is 139 Å². The normalized spacial score (nSPS) is 13.2. The maximum atomic E-state index is 13.8. The molecule has 2 heterocycles. The molecule has 0 aliphatic carbocycles. The molecule has 9 heteroatoms. The van der Waals surface area contributed by atoms with Gasteiger partial charge in [-0.05, 0) is 42.3 Å². The van der Waals surface area contributed by atoms with Crippen LogP contribution in [0.4, 0.5) is 23.4 Å². The second kappa shape index (κ2) is 6.32. The molecular formula is C16H14F4N4O. The number of aliphatic hydroxyl groups excluding tert-OH is 1. The summed E-state index contributed by atoms with van der Waals surface area (Å²) >= 11 is 0. The maximum absolute atomic E-state index is 13.8. The van der Waals surface area contributed by atoms with Crippen molar-refractivity contribution in [3.63, 3.8) is 0 Å². The number of aliphatic hydroxyl groups is 1. The van der Waals surface area contributed by atoms with E-state index in [1.54, 1.807) is 19.1 Å². The molecule has 3 aromatic rings. The van der Waals surface area contributed by atoms with Crippen LogP contribution in [0.5, 0.6) is 0 Å². The van der Waals surface area contributed by atoms with Gasteiger partial charge in [0.25, 0.3) is 0 Å². The third kappa shape index (κ3) is 3.41. The van der Waals surface area contributed by atoms with Crippen LogP contribution in [0, 0.1) is 5.82 Å². The van der Waals surface area contributed by atoms with Gasteiger partial charge < -0.3 is 10.4 Å². The molecule has 5 nitrogen and oxygen atoms in total. The van der Waals surface area contributed by atoms with Crippen molar-refractivity contribution in [3.8, 4) is 0 Å². The minimum absolute atomic E-state index is 0.207. The third-order valence-corrected chi connectivity index (χ3v) is 3.78. The number of nitrogens with one attached hydrogen (secondary N) is 1. The SMILES string of the molecule is C[C@@H](Nc1cc(CO)cc2ncnn12)c1ccc(C(F)(F)F)c(F)c1. The standard InChI is InChI=1S/C16H14F4N4O/c1-9(11-2-3-12(13(17)6-11)16(18,19)20)23-15-5-10(7-25)4-14-21-8-22-24(14)15/h2-6,8-9,23,25H,7H2,1H3/t9-/m1/s1. The van der Waals surface area contributed by atoms with Crippen LogP contribution in [-0.4, -0.2) is 19.7 Å². The first-order valence-corrected chi connectivity index (χ1v) is 7.36. The molecule has 0 aliphatic rings.